The molecule has 0 amide bonds. The predicted molar refractivity (Wildman–Crippen MR) is 148 cm³/mol. The van der Waals surface area contributed by atoms with Crippen molar-refractivity contribution in [2.24, 2.45) is 0 Å². The van der Waals surface area contributed by atoms with Crippen molar-refractivity contribution in [3.63, 3.8) is 0 Å². The summed E-state index contributed by atoms with van der Waals surface area (Å²) in [4.78, 5) is 13.7. The first kappa shape index (κ1) is 25.8. The highest BCUT2D eigenvalue weighted by Gasteiger charge is 2.22. The highest BCUT2D eigenvalue weighted by atomic mass is 32.2. The van der Waals surface area contributed by atoms with Crippen molar-refractivity contribution in [1.82, 2.24) is 18.8 Å². The molecule has 1 aliphatic rings. The fourth-order valence-corrected chi connectivity index (χ4v) is 5.74. The molecule has 1 aliphatic heterocycles. The van der Waals surface area contributed by atoms with Crippen molar-refractivity contribution in [2.45, 2.75) is 24.8 Å². The van der Waals surface area contributed by atoms with Crippen LogP contribution in [0.15, 0.2) is 65.8 Å². The van der Waals surface area contributed by atoms with E-state index in [4.69, 9.17) is 9.47 Å². The topological polar surface area (TPSA) is 102 Å². The second-order valence-corrected chi connectivity index (χ2v) is 11.3. The van der Waals surface area contributed by atoms with Crippen LogP contribution in [0, 0.1) is 0 Å². The molecular weight excluding hydrogens is 504 g/mol. The van der Waals surface area contributed by atoms with Gasteiger partial charge in [0.05, 0.1) is 23.8 Å². The minimum atomic E-state index is -3.90. The molecule has 38 heavy (non-hydrogen) atoms. The van der Waals surface area contributed by atoms with Gasteiger partial charge in [0, 0.05) is 61.8 Å². The molecular formula is C27H32N6O4S. The van der Waals surface area contributed by atoms with Crippen molar-refractivity contribution in [1.29, 1.82) is 0 Å². The fraction of sp³-hybridized carbons (Fsp3) is 0.333. The zero-order valence-corrected chi connectivity index (χ0v) is 22.8. The summed E-state index contributed by atoms with van der Waals surface area (Å²) in [5, 5.41) is 3.82. The molecule has 4 aromatic rings. The zero-order chi connectivity index (χ0) is 26.9. The molecule has 0 atom stereocenters. The Bertz CT molecular complexity index is 1540. The number of benzene rings is 2. The lowest BCUT2D eigenvalue weighted by atomic mass is 10.2. The van der Waals surface area contributed by atoms with Crippen molar-refractivity contribution in [2.75, 3.05) is 50.6 Å². The number of piperazine rings is 1. The predicted octanol–water partition coefficient (Wildman–Crippen LogP) is 3.96. The summed E-state index contributed by atoms with van der Waals surface area (Å²) < 4.78 is 39.3. The molecule has 0 aliphatic carbocycles. The molecule has 200 valence electrons. The molecule has 0 unspecified atom stereocenters. The van der Waals surface area contributed by atoms with Gasteiger partial charge in [-0.2, -0.15) is 4.98 Å². The van der Waals surface area contributed by atoms with Gasteiger partial charge >= 0.3 is 0 Å². The van der Waals surface area contributed by atoms with E-state index in [1.165, 1.54) is 25.4 Å². The minimum absolute atomic E-state index is 0.00848. The standard InChI is InChI=1S/C27H32N6O4S/c1-19(2)37-25-16-21(8-9-24(25)32-14-12-31(3)13-15-32)29-27-28-18-20-10-11-33(26(20)30-27)38(34,35)23-7-5-6-22(17-23)36-4/h5-11,16-19H,12-15H2,1-4H3,(H,28,29,30). The Kier molecular flexibility index (Phi) is 7.13. The summed E-state index contributed by atoms with van der Waals surface area (Å²) in [5.74, 6) is 1.51. The molecule has 0 radical (unpaired) electrons. The number of rotatable bonds is 8. The maximum absolute atomic E-state index is 13.4. The minimum Gasteiger partial charge on any atom is -0.497 e. The number of fused-ring (bicyclic) bond motifs is 1. The number of hydrogen-bond donors (Lipinski definition) is 1. The fourth-order valence-electron chi connectivity index (χ4n) is 4.40. The van der Waals surface area contributed by atoms with Gasteiger partial charge < -0.3 is 24.6 Å². The summed E-state index contributed by atoms with van der Waals surface area (Å²) in [5.41, 5.74) is 2.07. The molecule has 1 N–H and O–H groups in total. The molecule has 1 saturated heterocycles. The summed E-state index contributed by atoms with van der Waals surface area (Å²) in [6.07, 6.45) is 3.10. The van der Waals surface area contributed by atoms with Gasteiger partial charge in [0.1, 0.15) is 11.5 Å². The molecule has 0 bridgehead atoms. The van der Waals surface area contributed by atoms with Crippen LogP contribution >= 0.6 is 0 Å². The van der Waals surface area contributed by atoms with E-state index in [1.807, 2.05) is 32.0 Å². The van der Waals surface area contributed by atoms with Gasteiger partial charge in [0.2, 0.25) is 5.95 Å². The van der Waals surface area contributed by atoms with E-state index >= 15 is 0 Å². The van der Waals surface area contributed by atoms with Crippen LogP contribution in [0.4, 0.5) is 17.3 Å². The Morgan fingerprint density at radius 2 is 1.82 bits per heavy atom. The van der Waals surface area contributed by atoms with Crippen LogP contribution in [0.2, 0.25) is 0 Å². The Morgan fingerprint density at radius 1 is 1.03 bits per heavy atom. The second kappa shape index (κ2) is 10.5. The van der Waals surface area contributed by atoms with Gasteiger partial charge in [-0.05, 0) is 51.2 Å². The lowest BCUT2D eigenvalue weighted by Gasteiger charge is -2.35. The van der Waals surface area contributed by atoms with E-state index in [0.29, 0.717) is 11.1 Å². The molecule has 0 spiro atoms. The van der Waals surface area contributed by atoms with E-state index in [0.717, 1.165) is 47.3 Å². The van der Waals surface area contributed by atoms with Crippen LogP contribution in [0.5, 0.6) is 11.5 Å². The SMILES string of the molecule is COc1cccc(S(=O)(=O)n2ccc3cnc(Nc4ccc(N5CCN(C)CC5)c(OC(C)C)c4)nc32)c1. The zero-order valence-electron chi connectivity index (χ0n) is 22.0. The lowest BCUT2D eigenvalue weighted by Crippen LogP contribution is -2.44. The second-order valence-electron chi connectivity index (χ2n) is 9.53. The van der Waals surface area contributed by atoms with Crippen molar-refractivity contribution in [3.05, 3.63) is 60.9 Å². The van der Waals surface area contributed by atoms with Gasteiger partial charge in [-0.3, -0.25) is 0 Å². The Labute approximate surface area is 222 Å². The molecule has 2 aromatic carbocycles. The molecule has 2 aromatic heterocycles. The molecule has 0 saturated carbocycles. The van der Waals surface area contributed by atoms with Crippen LogP contribution in [-0.4, -0.2) is 73.7 Å². The number of methoxy groups -OCH3 is 1. The first-order valence-corrected chi connectivity index (χ1v) is 13.9. The smallest absolute Gasteiger partial charge is 0.269 e. The summed E-state index contributed by atoms with van der Waals surface area (Å²) in [6.45, 7) is 7.84. The number of hydrogen-bond acceptors (Lipinski definition) is 9. The Morgan fingerprint density at radius 3 is 2.55 bits per heavy atom. The molecule has 10 nitrogen and oxygen atoms in total. The van der Waals surface area contributed by atoms with Gasteiger partial charge in [-0.15, -0.1) is 0 Å². The van der Waals surface area contributed by atoms with Gasteiger partial charge in [0.15, 0.2) is 5.65 Å². The number of anilines is 3. The lowest BCUT2D eigenvalue weighted by molar-refractivity contribution is 0.241. The van der Waals surface area contributed by atoms with E-state index in [1.54, 1.807) is 24.4 Å². The van der Waals surface area contributed by atoms with E-state index in [2.05, 4.69) is 32.1 Å². The van der Waals surface area contributed by atoms with Crippen LogP contribution in [0.3, 0.4) is 0 Å². The monoisotopic (exact) mass is 536 g/mol. The maximum Gasteiger partial charge on any atom is 0.269 e. The Balaban J connectivity index is 1.46. The van der Waals surface area contributed by atoms with Crippen LogP contribution in [0.1, 0.15) is 13.8 Å². The van der Waals surface area contributed by atoms with Gasteiger partial charge in [-0.1, -0.05) is 6.07 Å². The third-order valence-corrected chi connectivity index (χ3v) is 8.08. The summed E-state index contributed by atoms with van der Waals surface area (Å²) in [7, 11) is -0.270. The first-order valence-electron chi connectivity index (χ1n) is 12.5. The van der Waals surface area contributed by atoms with E-state index in [9.17, 15) is 8.42 Å². The first-order chi connectivity index (χ1) is 18.2. The number of likely N-dealkylation sites (N-methyl/N-ethyl adjacent to an activating group) is 1. The van der Waals surface area contributed by atoms with Crippen molar-refractivity contribution >= 4 is 38.4 Å². The summed E-state index contributed by atoms with van der Waals surface area (Å²) >= 11 is 0. The third kappa shape index (κ3) is 5.25. The highest BCUT2D eigenvalue weighted by Crippen LogP contribution is 2.34. The van der Waals surface area contributed by atoms with Crippen molar-refractivity contribution in [3.8, 4) is 11.5 Å². The Hall–Kier alpha value is -3.83. The van der Waals surface area contributed by atoms with Gasteiger partial charge in [-0.25, -0.2) is 17.4 Å². The molecule has 1 fully saturated rings. The van der Waals surface area contributed by atoms with Crippen LogP contribution < -0.4 is 19.7 Å². The molecule has 5 rings (SSSR count). The van der Waals surface area contributed by atoms with Crippen LogP contribution in [0.25, 0.3) is 11.0 Å². The highest BCUT2D eigenvalue weighted by molar-refractivity contribution is 7.90. The quantitative estimate of drug-likeness (QED) is 0.359. The van der Waals surface area contributed by atoms with Gasteiger partial charge in [0.25, 0.3) is 10.0 Å². The average Bonchev–Trinajstić information content (AvgIpc) is 3.33. The van der Waals surface area contributed by atoms with Crippen LogP contribution in [-0.2, 0) is 10.0 Å². The largest absolute Gasteiger partial charge is 0.497 e. The van der Waals surface area contributed by atoms with E-state index in [-0.39, 0.29) is 22.6 Å². The van der Waals surface area contributed by atoms with E-state index < -0.39 is 10.0 Å². The third-order valence-electron chi connectivity index (χ3n) is 6.41. The van der Waals surface area contributed by atoms with Crippen molar-refractivity contribution < 1.29 is 17.9 Å². The molecule has 3 heterocycles. The summed E-state index contributed by atoms with van der Waals surface area (Å²) in [6, 6.07) is 14.0. The maximum atomic E-state index is 13.4. The molecule has 11 heteroatoms. The number of ether oxygens (including phenoxy) is 2. The number of nitrogens with zero attached hydrogens (tertiary/aromatic N) is 5. The number of nitrogens with one attached hydrogen (secondary N) is 1. The number of aromatic nitrogens is 3. The average molecular weight is 537 g/mol. The normalized spacial score (nSPS) is 14.7.